The van der Waals surface area contributed by atoms with Gasteiger partial charge in [0.25, 0.3) is 5.91 Å². The maximum Gasteiger partial charge on any atom is 0.417 e. The van der Waals surface area contributed by atoms with Crippen LogP contribution in [0.25, 0.3) is 10.9 Å². The van der Waals surface area contributed by atoms with Gasteiger partial charge in [0.1, 0.15) is 11.4 Å². The summed E-state index contributed by atoms with van der Waals surface area (Å²) in [5.41, 5.74) is 0.00303. The van der Waals surface area contributed by atoms with Crippen molar-refractivity contribution in [3.05, 3.63) is 59.9 Å². The molecule has 0 bridgehead atoms. The number of amides is 1. The number of fused-ring (bicyclic) bond motifs is 1. The highest BCUT2D eigenvalue weighted by Gasteiger charge is 2.30. The zero-order valence-corrected chi connectivity index (χ0v) is 15.1. The molecule has 9 heteroatoms. The van der Waals surface area contributed by atoms with Crippen LogP contribution in [0.4, 0.5) is 13.2 Å². The fraction of sp³-hybridized carbons (Fsp3) is 0.250. The molecule has 1 saturated heterocycles. The van der Waals surface area contributed by atoms with E-state index in [1.165, 1.54) is 0 Å². The van der Waals surface area contributed by atoms with Crippen LogP contribution in [-0.4, -0.2) is 45.1 Å². The van der Waals surface area contributed by atoms with Crippen molar-refractivity contribution >= 4 is 16.8 Å². The summed E-state index contributed by atoms with van der Waals surface area (Å²) in [5.74, 6) is 0.177. The molecule has 6 nitrogen and oxygen atoms in total. The van der Waals surface area contributed by atoms with Gasteiger partial charge in [0.15, 0.2) is 0 Å². The molecule has 1 amide bonds. The Morgan fingerprint density at radius 1 is 1.17 bits per heavy atom. The molecule has 3 aromatic rings. The molecule has 1 aliphatic rings. The van der Waals surface area contributed by atoms with Gasteiger partial charge in [0.2, 0.25) is 5.88 Å². The highest BCUT2D eigenvalue weighted by molar-refractivity contribution is 5.95. The molecule has 1 N–H and O–H groups in total. The number of hydrogen-bond acceptors (Lipinski definition) is 5. The van der Waals surface area contributed by atoms with E-state index in [2.05, 4.69) is 9.97 Å². The number of aromatic nitrogens is 2. The minimum absolute atomic E-state index is 0.0321. The maximum absolute atomic E-state index is 12.6. The number of benzene rings is 1. The van der Waals surface area contributed by atoms with Crippen LogP contribution in [0.3, 0.4) is 0 Å². The summed E-state index contributed by atoms with van der Waals surface area (Å²) in [5, 5.41) is 10.3. The minimum atomic E-state index is -4.46. The molecule has 0 unspecified atom stereocenters. The molecular weight excluding hydrogens is 387 g/mol. The van der Waals surface area contributed by atoms with Crippen LogP contribution in [0.5, 0.6) is 11.6 Å². The predicted molar refractivity (Wildman–Crippen MR) is 97.6 cm³/mol. The first-order chi connectivity index (χ1) is 13.8. The molecular formula is C20H16F3N3O3. The molecule has 1 aliphatic heterocycles. The van der Waals surface area contributed by atoms with E-state index in [4.69, 9.17) is 4.74 Å². The summed E-state index contributed by atoms with van der Waals surface area (Å²) in [4.78, 5) is 22.1. The molecule has 0 radical (unpaired) electrons. The number of nitrogens with zero attached hydrogens (tertiary/aromatic N) is 3. The first kappa shape index (κ1) is 19.1. The number of likely N-dealkylation sites (tertiary alicyclic amines) is 1. The normalized spacial score (nSPS) is 17.0. The molecule has 1 atom stereocenters. The van der Waals surface area contributed by atoms with Crippen molar-refractivity contribution in [1.29, 1.82) is 0 Å². The van der Waals surface area contributed by atoms with Gasteiger partial charge < -0.3 is 14.7 Å². The van der Waals surface area contributed by atoms with Gasteiger partial charge in [0, 0.05) is 30.7 Å². The monoisotopic (exact) mass is 403 g/mol. The Hall–Kier alpha value is -3.20. The number of β-amino-alcohol motifs (C(OH)–C–C–N with tert-alkyl or cyclic N) is 1. The molecule has 0 saturated carbocycles. The van der Waals surface area contributed by atoms with Gasteiger partial charge >= 0.3 is 6.18 Å². The van der Waals surface area contributed by atoms with Crippen molar-refractivity contribution in [2.24, 2.45) is 0 Å². The highest BCUT2D eigenvalue weighted by Crippen LogP contribution is 2.30. The van der Waals surface area contributed by atoms with Gasteiger partial charge in [-0.15, -0.1) is 0 Å². The second kappa shape index (κ2) is 7.32. The van der Waals surface area contributed by atoms with Gasteiger partial charge in [-0.2, -0.15) is 13.2 Å². The van der Waals surface area contributed by atoms with Crippen LogP contribution in [0, 0.1) is 0 Å². The molecule has 29 heavy (non-hydrogen) atoms. The number of rotatable bonds is 3. The largest absolute Gasteiger partial charge is 0.439 e. The van der Waals surface area contributed by atoms with Crippen LogP contribution in [0.15, 0.2) is 48.7 Å². The Bertz CT molecular complexity index is 1050. The highest BCUT2D eigenvalue weighted by atomic mass is 19.4. The summed E-state index contributed by atoms with van der Waals surface area (Å²) in [6, 6.07) is 10.3. The molecule has 1 fully saturated rings. The molecule has 150 valence electrons. The topological polar surface area (TPSA) is 75.5 Å². The molecule has 2 aromatic heterocycles. The lowest BCUT2D eigenvalue weighted by atomic mass is 10.2. The van der Waals surface area contributed by atoms with E-state index in [1.54, 1.807) is 35.2 Å². The Morgan fingerprint density at radius 3 is 2.66 bits per heavy atom. The van der Waals surface area contributed by atoms with E-state index < -0.39 is 17.8 Å². The number of aliphatic hydroxyl groups is 1. The van der Waals surface area contributed by atoms with Crippen LogP contribution in [0.1, 0.15) is 22.5 Å². The lowest BCUT2D eigenvalue weighted by molar-refractivity contribution is -0.137. The van der Waals surface area contributed by atoms with E-state index in [0.717, 1.165) is 12.1 Å². The third-order valence-corrected chi connectivity index (χ3v) is 4.62. The molecule has 3 heterocycles. The Balaban J connectivity index is 1.52. The number of hydrogen-bond donors (Lipinski definition) is 1. The van der Waals surface area contributed by atoms with Crippen LogP contribution in [0.2, 0.25) is 0 Å². The number of halogens is 3. The summed E-state index contributed by atoms with van der Waals surface area (Å²) in [7, 11) is 0. The Kier molecular flexibility index (Phi) is 4.83. The lowest BCUT2D eigenvalue weighted by Crippen LogP contribution is -2.30. The maximum atomic E-state index is 12.6. The summed E-state index contributed by atoms with van der Waals surface area (Å²) in [6.45, 7) is 0.790. The van der Waals surface area contributed by atoms with Crippen molar-refractivity contribution in [2.45, 2.75) is 18.7 Å². The van der Waals surface area contributed by atoms with Crippen molar-refractivity contribution in [1.82, 2.24) is 14.9 Å². The predicted octanol–water partition coefficient (Wildman–Crippen LogP) is 3.65. The Labute approximate surface area is 163 Å². The summed E-state index contributed by atoms with van der Waals surface area (Å²) < 4.78 is 43.3. The number of carbonyl (C=O) groups excluding carboxylic acids is 1. The van der Waals surface area contributed by atoms with Gasteiger partial charge in [-0.25, -0.2) is 9.97 Å². The third-order valence-electron chi connectivity index (χ3n) is 4.62. The molecule has 0 spiro atoms. The molecule has 0 aliphatic carbocycles. The lowest BCUT2D eigenvalue weighted by Gasteiger charge is -2.15. The fourth-order valence-electron chi connectivity index (χ4n) is 3.10. The molecule has 1 aromatic carbocycles. The van der Waals surface area contributed by atoms with Crippen LogP contribution in [-0.2, 0) is 6.18 Å². The second-order valence-electron chi connectivity index (χ2n) is 6.73. The van der Waals surface area contributed by atoms with Gasteiger partial charge in [-0.3, -0.25) is 4.79 Å². The SMILES string of the molecule is O=C(c1ccc2cc(Oc3ccc(C(F)(F)F)cn3)ccc2n1)N1CC[C@@H](O)C1. The first-order valence-corrected chi connectivity index (χ1v) is 8.89. The Morgan fingerprint density at radius 2 is 2.00 bits per heavy atom. The average molecular weight is 403 g/mol. The van der Waals surface area contributed by atoms with Crippen molar-refractivity contribution in [3.8, 4) is 11.6 Å². The second-order valence-corrected chi connectivity index (χ2v) is 6.73. The first-order valence-electron chi connectivity index (χ1n) is 8.89. The zero-order chi connectivity index (χ0) is 20.6. The van der Waals surface area contributed by atoms with Crippen LogP contribution >= 0.6 is 0 Å². The molecule has 4 rings (SSSR count). The van der Waals surface area contributed by atoms with E-state index in [1.807, 2.05) is 0 Å². The third kappa shape index (κ3) is 4.14. The average Bonchev–Trinajstić information content (AvgIpc) is 3.13. The van der Waals surface area contributed by atoms with Crippen molar-refractivity contribution in [3.63, 3.8) is 0 Å². The number of pyridine rings is 2. The van der Waals surface area contributed by atoms with Crippen molar-refractivity contribution in [2.75, 3.05) is 13.1 Å². The van der Waals surface area contributed by atoms with E-state index >= 15 is 0 Å². The summed E-state index contributed by atoms with van der Waals surface area (Å²) >= 11 is 0. The number of alkyl halides is 3. The van der Waals surface area contributed by atoms with E-state index in [0.29, 0.717) is 42.4 Å². The van der Waals surface area contributed by atoms with E-state index in [9.17, 15) is 23.1 Å². The fourth-order valence-corrected chi connectivity index (χ4v) is 3.10. The van der Waals surface area contributed by atoms with E-state index in [-0.39, 0.29) is 17.5 Å². The number of carbonyl (C=O) groups is 1. The van der Waals surface area contributed by atoms with Gasteiger partial charge in [0.05, 0.1) is 17.2 Å². The minimum Gasteiger partial charge on any atom is -0.439 e. The number of ether oxygens (including phenoxy) is 1. The van der Waals surface area contributed by atoms with Gasteiger partial charge in [-0.05, 0) is 36.8 Å². The van der Waals surface area contributed by atoms with Gasteiger partial charge in [-0.1, -0.05) is 6.07 Å². The number of aliphatic hydroxyl groups excluding tert-OH is 1. The quantitative estimate of drug-likeness (QED) is 0.723. The van der Waals surface area contributed by atoms with Crippen LogP contribution < -0.4 is 4.74 Å². The van der Waals surface area contributed by atoms with Crippen molar-refractivity contribution < 1.29 is 27.8 Å². The smallest absolute Gasteiger partial charge is 0.417 e. The zero-order valence-electron chi connectivity index (χ0n) is 15.1. The summed E-state index contributed by atoms with van der Waals surface area (Å²) in [6.07, 6.45) is -3.69. The standard InChI is InChI=1S/C20H16F3N3O3/c21-20(22,23)13-2-6-18(24-10-13)29-15-3-5-16-12(9-15)1-4-17(25-16)19(28)26-8-7-14(27)11-26/h1-6,9-10,14,27H,7-8,11H2/t14-/m1/s1.